The third-order valence-corrected chi connectivity index (χ3v) is 3.83. The van der Waals surface area contributed by atoms with Gasteiger partial charge in [-0.15, -0.1) is 0 Å². The highest BCUT2D eigenvalue weighted by Crippen LogP contribution is 2.34. The van der Waals surface area contributed by atoms with Crippen molar-refractivity contribution in [2.45, 2.75) is 64.3 Å². The third-order valence-electron chi connectivity index (χ3n) is 3.83. The van der Waals surface area contributed by atoms with Crippen molar-refractivity contribution in [1.29, 1.82) is 0 Å². The Kier molecular flexibility index (Phi) is 5.26. The fourth-order valence-electron chi connectivity index (χ4n) is 2.86. The fourth-order valence-corrected chi connectivity index (χ4v) is 2.86. The van der Waals surface area contributed by atoms with Crippen LogP contribution in [0.1, 0.15) is 58.8 Å². The highest BCUT2D eigenvalue weighted by molar-refractivity contribution is 5.75. The quantitative estimate of drug-likeness (QED) is 0.729. The lowest BCUT2D eigenvalue weighted by Gasteiger charge is -2.40. The van der Waals surface area contributed by atoms with Gasteiger partial charge in [0.25, 0.3) is 0 Å². The molecule has 1 fully saturated rings. The molecule has 1 atom stereocenters. The van der Waals surface area contributed by atoms with Crippen LogP contribution in [0.2, 0.25) is 0 Å². The average molecular weight is 226 g/mol. The number of hydrogen-bond donors (Lipinski definition) is 2. The summed E-state index contributed by atoms with van der Waals surface area (Å²) in [7, 11) is 0. The summed E-state index contributed by atoms with van der Waals surface area (Å²) in [5.41, 5.74) is 5.30. The minimum Gasteiger partial charge on any atom is -0.370 e. The Morgan fingerprint density at radius 2 is 2.00 bits per heavy atom. The summed E-state index contributed by atoms with van der Waals surface area (Å²) in [6.45, 7) is 5.29. The predicted octanol–water partition coefficient (Wildman–Crippen LogP) is 2.20. The molecule has 0 aromatic carbocycles. The van der Waals surface area contributed by atoms with Crippen molar-refractivity contribution in [2.24, 2.45) is 11.7 Å². The third kappa shape index (κ3) is 3.78. The van der Waals surface area contributed by atoms with E-state index in [0.717, 1.165) is 13.0 Å². The zero-order valence-electron chi connectivity index (χ0n) is 10.7. The second kappa shape index (κ2) is 6.24. The summed E-state index contributed by atoms with van der Waals surface area (Å²) in [4.78, 5) is 11.2. The zero-order valence-corrected chi connectivity index (χ0v) is 10.7. The van der Waals surface area contributed by atoms with E-state index in [0.29, 0.717) is 12.3 Å². The van der Waals surface area contributed by atoms with Gasteiger partial charge in [0.05, 0.1) is 0 Å². The maximum absolute atomic E-state index is 11.2. The number of rotatable bonds is 6. The van der Waals surface area contributed by atoms with Gasteiger partial charge < -0.3 is 11.1 Å². The molecule has 0 radical (unpaired) electrons. The number of amides is 1. The molecule has 0 heterocycles. The lowest BCUT2D eigenvalue weighted by atomic mass is 9.73. The zero-order chi connectivity index (χ0) is 12.0. The van der Waals surface area contributed by atoms with Gasteiger partial charge in [0.15, 0.2) is 0 Å². The van der Waals surface area contributed by atoms with Crippen molar-refractivity contribution in [3.63, 3.8) is 0 Å². The number of carbonyl (C=O) groups is 1. The second-order valence-corrected chi connectivity index (χ2v) is 5.32. The highest BCUT2D eigenvalue weighted by Gasteiger charge is 2.35. The highest BCUT2D eigenvalue weighted by atomic mass is 16.1. The normalized spacial score (nSPS) is 21.6. The first-order chi connectivity index (χ1) is 7.58. The minimum absolute atomic E-state index is 0.0811. The lowest BCUT2D eigenvalue weighted by molar-refractivity contribution is -0.120. The topological polar surface area (TPSA) is 55.1 Å². The van der Waals surface area contributed by atoms with Gasteiger partial charge in [0.1, 0.15) is 0 Å². The number of nitrogens with one attached hydrogen (secondary N) is 1. The molecule has 3 nitrogen and oxygen atoms in total. The molecule has 1 rings (SSSR count). The molecule has 0 spiro atoms. The molecule has 0 aromatic heterocycles. The second-order valence-electron chi connectivity index (χ2n) is 5.32. The van der Waals surface area contributed by atoms with Crippen LogP contribution in [0.4, 0.5) is 0 Å². The van der Waals surface area contributed by atoms with Gasteiger partial charge in [0, 0.05) is 12.0 Å². The van der Waals surface area contributed by atoms with E-state index in [1.54, 1.807) is 0 Å². The molecule has 0 aliphatic heterocycles. The number of primary amides is 1. The number of hydrogen-bond acceptors (Lipinski definition) is 2. The smallest absolute Gasteiger partial charge is 0.219 e. The van der Waals surface area contributed by atoms with Crippen LogP contribution in [0.25, 0.3) is 0 Å². The summed E-state index contributed by atoms with van der Waals surface area (Å²) in [5, 5.41) is 3.55. The predicted molar refractivity (Wildman–Crippen MR) is 67.1 cm³/mol. The van der Waals surface area contributed by atoms with Crippen molar-refractivity contribution < 1.29 is 4.79 Å². The maximum atomic E-state index is 11.2. The van der Waals surface area contributed by atoms with Crippen LogP contribution in [0.15, 0.2) is 0 Å². The number of nitrogens with two attached hydrogens (primary N) is 1. The van der Waals surface area contributed by atoms with Gasteiger partial charge in [-0.1, -0.05) is 26.2 Å². The van der Waals surface area contributed by atoms with E-state index in [9.17, 15) is 4.79 Å². The largest absolute Gasteiger partial charge is 0.370 e. The first kappa shape index (κ1) is 13.5. The van der Waals surface area contributed by atoms with E-state index in [1.165, 1.54) is 32.1 Å². The summed E-state index contributed by atoms with van der Waals surface area (Å²) in [5.74, 6) is 0.428. The number of carbonyl (C=O) groups excluding carboxylic acids is 1. The Bertz CT molecular complexity index is 224. The molecular weight excluding hydrogens is 200 g/mol. The van der Waals surface area contributed by atoms with Crippen LogP contribution in [0.3, 0.4) is 0 Å². The molecule has 94 valence electrons. The molecule has 1 saturated carbocycles. The Morgan fingerprint density at radius 1 is 1.38 bits per heavy atom. The van der Waals surface area contributed by atoms with Crippen molar-refractivity contribution >= 4 is 5.91 Å². The van der Waals surface area contributed by atoms with Gasteiger partial charge >= 0.3 is 0 Å². The Balaban J connectivity index is 2.62. The van der Waals surface area contributed by atoms with Crippen LogP contribution in [-0.4, -0.2) is 18.0 Å². The summed E-state index contributed by atoms with van der Waals surface area (Å²) in [6, 6.07) is 0. The van der Waals surface area contributed by atoms with Gasteiger partial charge in [-0.3, -0.25) is 4.79 Å². The van der Waals surface area contributed by atoms with Crippen LogP contribution in [-0.2, 0) is 4.79 Å². The average Bonchev–Trinajstić information content (AvgIpc) is 2.27. The molecule has 16 heavy (non-hydrogen) atoms. The van der Waals surface area contributed by atoms with Crippen LogP contribution < -0.4 is 11.1 Å². The first-order valence-corrected chi connectivity index (χ1v) is 6.62. The van der Waals surface area contributed by atoms with E-state index in [1.807, 2.05) is 0 Å². The molecule has 3 N–H and O–H groups in total. The molecule has 3 heteroatoms. The maximum Gasteiger partial charge on any atom is 0.219 e. The standard InChI is InChI=1S/C13H26N2O/c1-3-9-15-13(2,10-12(14)16)11-7-5-4-6-8-11/h11,15H,3-10H2,1-2H3,(H2,14,16). The van der Waals surface area contributed by atoms with Crippen molar-refractivity contribution in [3.8, 4) is 0 Å². The molecule has 1 aliphatic rings. The lowest BCUT2D eigenvalue weighted by Crippen LogP contribution is -2.52. The van der Waals surface area contributed by atoms with Crippen molar-refractivity contribution in [2.75, 3.05) is 6.54 Å². The Hall–Kier alpha value is -0.570. The fraction of sp³-hybridized carbons (Fsp3) is 0.923. The van der Waals surface area contributed by atoms with E-state index in [-0.39, 0.29) is 11.4 Å². The van der Waals surface area contributed by atoms with E-state index < -0.39 is 0 Å². The van der Waals surface area contributed by atoms with E-state index >= 15 is 0 Å². The van der Waals surface area contributed by atoms with E-state index in [4.69, 9.17) is 5.73 Å². The van der Waals surface area contributed by atoms with Crippen molar-refractivity contribution in [3.05, 3.63) is 0 Å². The van der Waals surface area contributed by atoms with Crippen LogP contribution in [0.5, 0.6) is 0 Å². The summed E-state index contributed by atoms with van der Waals surface area (Å²) < 4.78 is 0. The van der Waals surface area contributed by atoms with Gasteiger partial charge in [0.2, 0.25) is 5.91 Å². The van der Waals surface area contributed by atoms with Crippen LogP contribution in [0, 0.1) is 5.92 Å². The molecular formula is C13H26N2O. The van der Waals surface area contributed by atoms with E-state index in [2.05, 4.69) is 19.2 Å². The molecule has 0 aromatic rings. The Labute approximate surface area is 99.2 Å². The SMILES string of the molecule is CCCNC(C)(CC(N)=O)C1CCCCC1. The summed E-state index contributed by atoms with van der Waals surface area (Å²) >= 11 is 0. The molecule has 1 unspecified atom stereocenters. The molecule has 1 aliphatic carbocycles. The monoisotopic (exact) mass is 226 g/mol. The van der Waals surface area contributed by atoms with Crippen LogP contribution >= 0.6 is 0 Å². The minimum atomic E-state index is -0.184. The van der Waals surface area contributed by atoms with Gasteiger partial charge in [-0.05, 0) is 38.6 Å². The van der Waals surface area contributed by atoms with Crippen molar-refractivity contribution in [1.82, 2.24) is 5.32 Å². The Morgan fingerprint density at radius 3 is 2.50 bits per heavy atom. The van der Waals surface area contributed by atoms with Gasteiger partial charge in [-0.25, -0.2) is 0 Å². The molecule has 1 amide bonds. The molecule has 0 bridgehead atoms. The summed E-state index contributed by atoms with van der Waals surface area (Å²) in [6.07, 6.45) is 7.98. The molecule has 0 saturated heterocycles. The van der Waals surface area contributed by atoms with Gasteiger partial charge in [-0.2, -0.15) is 0 Å². The first-order valence-electron chi connectivity index (χ1n) is 6.62.